The van der Waals surface area contributed by atoms with Gasteiger partial charge in [-0.15, -0.1) is 0 Å². The van der Waals surface area contributed by atoms with E-state index in [4.69, 9.17) is 9.15 Å². The van der Waals surface area contributed by atoms with E-state index < -0.39 is 29.3 Å². The van der Waals surface area contributed by atoms with E-state index in [2.05, 4.69) is 4.90 Å². The molecular formula is C26H25FN2O5. The summed E-state index contributed by atoms with van der Waals surface area (Å²) in [5.74, 6) is -2.54. The highest BCUT2D eigenvalue weighted by molar-refractivity contribution is 6.16. The predicted molar refractivity (Wildman–Crippen MR) is 123 cm³/mol. The third-order valence-corrected chi connectivity index (χ3v) is 6.37. The molecule has 0 saturated carbocycles. The van der Waals surface area contributed by atoms with Crippen molar-refractivity contribution in [3.63, 3.8) is 0 Å². The minimum absolute atomic E-state index is 0.00736. The van der Waals surface area contributed by atoms with Gasteiger partial charge in [0.1, 0.15) is 11.4 Å². The number of benzene rings is 2. The van der Waals surface area contributed by atoms with Crippen molar-refractivity contribution in [2.45, 2.75) is 12.5 Å². The molecule has 1 aromatic heterocycles. The number of morpholine rings is 1. The first-order chi connectivity index (χ1) is 16.5. The number of ketones is 1. The van der Waals surface area contributed by atoms with Crippen molar-refractivity contribution in [1.82, 2.24) is 9.80 Å². The average molecular weight is 464 g/mol. The van der Waals surface area contributed by atoms with Crippen LogP contribution >= 0.6 is 0 Å². The highest BCUT2D eigenvalue weighted by Crippen LogP contribution is 2.40. The summed E-state index contributed by atoms with van der Waals surface area (Å²) < 4.78 is 26.0. The largest absolute Gasteiger partial charge is 0.503 e. The van der Waals surface area contributed by atoms with Gasteiger partial charge in [0.2, 0.25) is 5.78 Å². The van der Waals surface area contributed by atoms with Crippen LogP contribution in [0.1, 0.15) is 28.6 Å². The molecule has 1 atom stereocenters. The van der Waals surface area contributed by atoms with Gasteiger partial charge in [0.05, 0.1) is 24.8 Å². The molecule has 0 bridgehead atoms. The maximum atomic E-state index is 14.9. The van der Waals surface area contributed by atoms with E-state index in [9.17, 15) is 19.1 Å². The molecule has 3 heterocycles. The number of carbonyl (C=O) groups excluding carboxylic acids is 2. The summed E-state index contributed by atoms with van der Waals surface area (Å²) >= 11 is 0. The van der Waals surface area contributed by atoms with Crippen LogP contribution in [0.5, 0.6) is 0 Å². The molecule has 8 heteroatoms. The molecule has 0 radical (unpaired) electrons. The highest BCUT2D eigenvalue weighted by atomic mass is 19.1. The van der Waals surface area contributed by atoms with E-state index in [1.54, 1.807) is 36.4 Å². The van der Waals surface area contributed by atoms with Gasteiger partial charge in [-0.05, 0) is 24.6 Å². The molecule has 1 fully saturated rings. The van der Waals surface area contributed by atoms with Gasteiger partial charge >= 0.3 is 0 Å². The Bertz CT molecular complexity index is 1230. The number of amides is 1. The number of aliphatic hydroxyl groups excluding tert-OH is 1. The van der Waals surface area contributed by atoms with E-state index >= 15 is 0 Å². The van der Waals surface area contributed by atoms with Gasteiger partial charge in [-0.1, -0.05) is 36.4 Å². The van der Waals surface area contributed by atoms with E-state index in [1.165, 1.54) is 17.0 Å². The van der Waals surface area contributed by atoms with Crippen LogP contribution in [0.15, 0.2) is 70.3 Å². The molecule has 2 aliphatic rings. The summed E-state index contributed by atoms with van der Waals surface area (Å²) in [5.41, 5.74) is 0.506. The molecule has 1 N–H and O–H groups in total. The van der Waals surface area contributed by atoms with Gasteiger partial charge in [0.25, 0.3) is 5.91 Å². The van der Waals surface area contributed by atoms with Crippen LogP contribution in [0.4, 0.5) is 4.39 Å². The summed E-state index contributed by atoms with van der Waals surface area (Å²) in [6, 6.07) is 13.7. The number of rotatable bonds is 7. The Morgan fingerprint density at radius 3 is 2.56 bits per heavy atom. The third kappa shape index (κ3) is 4.10. The molecule has 1 amide bonds. The normalized spacial score (nSPS) is 19.4. The number of fused-ring (bicyclic) bond motifs is 1. The van der Waals surface area contributed by atoms with Crippen LogP contribution < -0.4 is 0 Å². The third-order valence-electron chi connectivity index (χ3n) is 6.37. The lowest BCUT2D eigenvalue weighted by Gasteiger charge is -2.30. The number of para-hydroxylation sites is 1. The molecule has 0 spiro atoms. The molecule has 176 valence electrons. The number of ether oxygens (including phenoxy) is 1. The average Bonchev–Trinajstić information content (AvgIpc) is 3.40. The Hall–Kier alpha value is -3.49. The summed E-state index contributed by atoms with van der Waals surface area (Å²) in [6.45, 7) is 3.94. The lowest BCUT2D eigenvalue weighted by atomic mass is 9.94. The van der Waals surface area contributed by atoms with E-state index in [-0.39, 0.29) is 23.4 Å². The maximum absolute atomic E-state index is 14.9. The first-order valence-electron chi connectivity index (χ1n) is 11.4. The van der Waals surface area contributed by atoms with Crippen molar-refractivity contribution in [3.05, 3.63) is 83.1 Å². The molecule has 0 unspecified atom stereocenters. The SMILES string of the molecule is O=C(C1=C(O)C(=O)N(CCCN2CCOCC2)[C@H]1c1ccccc1F)c1cc2ccccc2o1. The molecule has 0 aliphatic carbocycles. The number of hydrogen-bond acceptors (Lipinski definition) is 6. The van der Waals surface area contributed by atoms with Crippen molar-refractivity contribution in [1.29, 1.82) is 0 Å². The highest BCUT2D eigenvalue weighted by Gasteiger charge is 2.45. The van der Waals surface area contributed by atoms with Crippen LogP contribution in [-0.2, 0) is 9.53 Å². The standard InChI is InChI=1S/C26H25FN2O5/c27-19-8-3-2-7-18(19)23-22(24(30)21-16-17-6-1-4-9-20(17)34-21)25(31)26(32)29(23)11-5-10-28-12-14-33-15-13-28/h1-4,6-9,16,23,31H,5,10-15H2/t23-/m0/s1. The Morgan fingerprint density at radius 2 is 1.79 bits per heavy atom. The number of nitrogens with zero attached hydrogens (tertiary/aromatic N) is 2. The molecule has 2 aliphatic heterocycles. The fourth-order valence-corrected chi connectivity index (χ4v) is 4.65. The summed E-state index contributed by atoms with van der Waals surface area (Å²) in [6.07, 6.45) is 0.607. The second kappa shape index (κ2) is 9.40. The van der Waals surface area contributed by atoms with Crippen molar-refractivity contribution in [2.75, 3.05) is 39.4 Å². The Labute approximate surface area is 196 Å². The molecule has 7 nitrogen and oxygen atoms in total. The molecular weight excluding hydrogens is 439 g/mol. The van der Waals surface area contributed by atoms with E-state index in [1.807, 2.05) is 6.07 Å². The van der Waals surface area contributed by atoms with Gasteiger partial charge in [-0.25, -0.2) is 4.39 Å². The summed E-state index contributed by atoms with van der Waals surface area (Å²) in [4.78, 5) is 30.2. The van der Waals surface area contributed by atoms with Gasteiger partial charge in [-0.3, -0.25) is 14.5 Å². The zero-order chi connectivity index (χ0) is 23.7. The van der Waals surface area contributed by atoms with Crippen molar-refractivity contribution >= 4 is 22.7 Å². The quantitative estimate of drug-likeness (QED) is 0.535. The fourth-order valence-electron chi connectivity index (χ4n) is 4.65. The molecule has 5 rings (SSSR count). The van der Waals surface area contributed by atoms with Gasteiger partial charge in [0.15, 0.2) is 11.5 Å². The van der Waals surface area contributed by atoms with Gasteiger partial charge in [-0.2, -0.15) is 0 Å². The molecule has 34 heavy (non-hydrogen) atoms. The first kappa shape index (κ1) is 22.3. The first-order valence-corrected chi connectivity index (χ1v) is 11.4. The zero-order valence-corrected chi connectivity index (χ0v) is 18.6. The Balaban J connectivity index is 1.46. The lowest BCUT2D eigenvalue weighted by molar-refractivity contribution is -0.129. The number of Topliss-reactive ketones (excluding diaryl/α,β-unsaturated/α-hetero) is 1. The number of aliphatic hydroxyl groups is 1. The van der Waals surface area contributed by atoms with Crippen molar-refractivity contribution < 1.29 is 28.2 Å². The Kier molecular flexibility index (Phi) is 6.17. The molecule has 3 aromatic rings. The van der Waals surface area contributed by atoms with Crippen LogP contribution in [0, 0.1) is 5.82 Å². The zero-order valence-electron chi connectivity index (χ0n) is 18.6. The van der Waals surface area contributed by atoms with E-state index in [0.717, 1.165) is 25.0 Å². The van der Waals surface area contributed by atoms with Crippen LogP contribution in [0.2, 0.25) is 0 Å². The number of furan rings is 1. The summed E-state index contributed by atoms with van der Waals surface area (Å²) in [5, 5.41) is 11.5. The van der Waals surface area contributed by atoms with Gasteiger partial charge < -0.3 is 19.2 Å². The minimum atomic E-state index is -1.04. The van der Waals surface area contributed by atoms with E-state index in [0.29, 0.717) is 25.2 Å². The maximum Gasteiger partial charge on any atom is 0.290 e. The number of halogens is 1. The van der Waals surface area contributed by atoms with Crippen molar-refractivity contribution in [2.24, 2.45) is 0 Å². The lowest BCUT2D eigenvalue weighted by Crippen LogP contribution is -2.39. The van der Waals surface area contributed by atoms with Gasteiger partial charge in [0, 0.05) is 37.1 Å². The van der Waals surface area contributed by atoms with Crippen LogP contribution in [0.3, 0.4) is 0 Å². The fraction of sp³-hybridized carbons (Fsp3) is 0.308. The second-order valence-electron chi connectivity index (χ2n) is 8.47. The van der Waals surface area contributed by atoms with Crippen molar-refractivity contribution in [3.8, 4) is 0 Å². The smallest absolute Gasteiger partial charge is 0.290 e. The topological polar surface area (TPSA) is 83.2 Å². The second-order valence-corrected chi connectivity index (χ2v) is 8.47. The molecule has 1 saturated heterocycles. The predicted octanol–water partition coefficient (Wildman–Crippen LogP) is 3.87. The van der Waals surface area contributed by atoms with Crippen LogP contribution in [0.25, 0.3) is 11.0 Å². The number of carbonyl (C=O) groups is 2. The van der Waals surface area contributed by atoms with Crippen LogP contribution in [-0.4, -0.2) is 66.0 Å². The Morgan fingerprint density at radius 1 is 1.06 bits per heavy atom. The monoisotopic (exact) mass is 464 g/mol. The number of hydrogen-bond donors (Lipinski definition) is 1. The molecule has 2 aromatic carbocycles. The minimum Gasteiger partial charge on any atom is -0.503 e. The summed E-state index contributed by atoms with van der Waals surface area (Å²) in [7, 11) is 0.